The van der Waals surface area contributed by atoms with Gasteiger partial charge in [-0.05, 0) is 36.1 Å². The number of nitrogens with one attached hydrogen (secondary N) is 1. The van der Waals surface area contributed by atoms with Gasteiger partial charge in [0.25, 0.3) is 0 Å². The summed E-state index contributed by atoms with van der Waals surface area (Å²) < 4.78 is 0. The van der Waals surface area contributed by atoms with Gasteiger partial charge in [0.05, 0.1) is 6.54 Å². The Hall–Kier alpha value is -2.44. The van der Waals surface area contributed by atoms with Crippen LogP contribution in [0.3, 0.4) is 0 Å². The quantitative estimate of drug-likeness (QED) is 0.781. The molecule has 1 aromatic carbocycles. The molecule has 2 aliphatic rings. The molecular weight excluding hydrogens is 362 g/mol. The number of nitrogens with zero attached hydrogens (tertiary/aromatic N) is 4. The highest BCUT2D eigenvalue weighted by molar-refractivity contribution is 5.78. The third kappa shape index (κ3) is 5.78. The standard InChI is InChI=1S/C23H31N5O/c29-23(25-17-21-8-9-24-22(16-21)28-10-4-5-11-28)19-27-14-12-26(13-15-27)18-20-6-2-1-3-7-20/h1-3,6-9,16H,4-5,10-15,17-19H2,(H,25,29). The maximum atomic E-state index is 12.4. The molecule has 6 heteroatoms. The fourth-order valence-corrected chi connectivity index (χ4v) is 4.10. The summed E-state index contributed by atoms with van der Waals surface area (Å²) in [7, 11) is 0. The molecule has 29 heavy (non-hydrogen) atoms. The van der Waals surface area contributed by atoms with E-state index in [9.17, 15) is 4.79 Å². The van der Waals surface area contributed by atoms with Crippen molar-refractivity contribution in [1.29, 1.82) is 0 Å². The number of carbonyl (C=O) groups excluding carboxylic acids is 1. The van der Waals surface area contributed by atoms with Gasteiger partial charge in [0.2, 0.25) is 5.91 Å². The molecule has 2 fully saturated rings. The second-order valence-corrected chi connectivity index (χ2v) is 8.03. The zero-order chi connectivity index (χ0) is 19.9. The van der Waals surface area contributed by atoms with Crippen LogP contribution in [0.1, 0.15) is 24.0 Å². The van der Waals surface area contributed by atoms with E-state index in [1.165, 1.54) is 18.4 Å². The van der Waals surface area contributed by atoms with Crippen molar-refractivity contribution in [3.63, 3.8) is 0 Å². The van der Waals surface area contributed by atoms with E-state index in [4.69, 9.17) is 0 Å². The summed E-state index contributed by atoms with van der Waals surface area (Å²) in [6.45, 7) is 8.08. The van der Waals surface area contributed by atoms with Gasteiger partial charge in [0, 0.05) is 58.6 Å². The summed E-state index contributed by atoms with van der Waals surface area (Å²) in [5.74, 6) is 1.13. The van der Waals surface area contributed by atoms with Crippen molar-refractivity contribution >= 4 is 11.7 Å². The summed E-state index contributed by atoms with van der Waals surface area (Å²) in [6.07, 6.45) is 4.32. The molecule has 0 radical (unpaired) electrons. The second kappa shape index (κ2) is 9.85. The molecule has 0 aliphatic carbocycles. The molecule has 0 bridgehead atoms. The number of pyridine rings is 1. The van der Waals surface area contributed by atoms with E-state index in [0.29, 0.717) is 13.1 Å². The Balaban J connectivity index is 1.18. The Labute approximate surface area is 173 Å². The molecule has 6 nitrogen and oxygen atoms in total. The minimum atomic E-state index is 0.0982. The van der Waals surface area contributed by atoms with Gasteiger partial charge in [-0.15, -0.1) is 0 Å². The average Bonchev–Trinajstić information content (AvgIpc) is 3.30. The van der Waals surface area contributed by atoms with E-state index in [1.54, 1.807) is 0 Å². The van der Waals surface area contributed by atoms with Crippen molar-refractivity contribution in [2.24, 2.45) is 0 Å². The zero-order valence-electron chi connectivity index (χ0n) is 17.1. The Kier molecular flexibility index (Phi) is 6.75. The minimum absolute atomic E-state index is 0.0982. The normalized spacial score (nSPS) is 18.1. The minimum Gasteiger partial charge on any atom is -0.357 e. The Morgan fingerprint density at radius 2 is 1.62 bits per heavy atom. The Bertz CT molecular complexity index is 783. The van der Waals surface area contributed by atoms with Crippen LogP contribution in [-0.4, -0.2) is 66.5 Å². The number of amides is 1. The molecule has 4 rings (SSSR count). The van der Waals surface area contributed by atoms with Gasteiger partial charge in [-0.3, -0.25) is 14.6 Å². The first-order valence-electron chi connectivity index (χ1n) is 10.7. The number of benzene rings is 1. The first-order chi connectivity index (χ1) is 14.3. The van der Waals surface area contributed by atoms with Crippen molar-refractivity contribution in [3.05, 3.63) is 59.8 Å². The number of carbonyl (C=O) groups is 1. The SMILES string of the molecule is O=C(CN1CCN(Cc2ccccc2)CC1)NCc1ccnc(N2CCCC2)c1. The second-order valence-electron chi connectivity index (χ2n) is 8.03. The molecule has 2 aliphatic heterocycles. The maximum absolute atomic E-state index is 12.4. The lowest BCUT2D eigenvalue weighted by molar-refractivity contribution is -0.122. The number of aromatic nitrogens is 1. The zero-order valence-corrected chi connectivity index (χ0v) is 17.1. The smallest absolute Gasteiger partial charge is 0.234 e. The first-order valence-corrected chi connectivity index (χ1v) is 10.7. The highest BCUT2D eigenvalue weighted by Crippen LogP contribution is 2.18. The molecule has 1 amide bonds. The number of anilines is 1. The van der Waals surface area contributed by atoms with Crippen molar-refractivity contribution < 1.29 is 4.79 Å². The first kappa shape index (κ1) is 19.9. The topological polar surface area (TPSA) is 51.7 Å². The highest BCUT2D eigenvalue weighted by Gasteiger charge is 2.19. The monoisotopic (exact) mass is 393 g/mol. The van der Waals surface area contributed by atoms with Crippen molar-refractivity contribution in [1.82, 2.24) is 20.1 Å². The van der Waals surface area contributed by atoms with Gasteiger partial charge in [-0.2, -0.15) is 0 Å². The third-order valence-electron chi connectivity index (χ3n) is 5.81. The summed E-state index contributed by atoms with van der Waals surface area (Å²) >= 11 is 0. The number of hydrogen-bond donors (Lipinski definition) is 1. The molecule has 154 valence electrons. The third-order valence-corrected chi connectivity index (χ3v) is 5.81. The summed E-state index contributed by atoms with van der Waals surface area (Å²) in [4.78, 5) is 23.9. The van der Waals surface area contributed by atoms with Crippen molar-refractivity contribution in [3.8, 4) is 0 Å². The van der Waals surface area contributed by atoms with Crippen LogP contribution in [0.5, 0.6) is 0 Å². The molecule has 0 spiro atoms. The van der Waals surface area contributed by atoms with Gasteiger partial charge in [-0.25, -0.2) is 4.98 Å². The van der Waals surface area contributed by atoms with Crippen LogP contribution in [0.2, 0.25) is 0 Å². The van der Waals surface area contributed by atoms with Crippen LogP contribution in [0.15, 0.2) is 48.7 Å². The lowest BCUT2D eigenvalue weighted by Gasteiger charge is -2.34. The van der Waals surface area contributed by atoms with Gasteiger partial charge in [-0.1, -0.05) is 30.3 Å². The van der Waals surface area contributed by atoms with Gasteiger partial charge < -0.3 is 10.2 Å². The van der Waals surface area contributed by atoms with Gasteiger partial charge >= 0.3 is 0 Å². The van der Waals surface area contributed by atoms with Crippen LogP contribution in [0.25, 0.3) is 0 Å². The number of rotatable bonds is 7. The van der Waals surface area contributed by atoms with E-state index in [1.807, 2.05) is 12.3 Å². The highest BCUT2D eigenvalue weighted by atomic mass is 16.2. The fourth-order valence-electron chi connectivity index (χ4n) is 4.10. The van der Waals surface area contributed by atoms with Crippen LogP contribution in [0, 0.1) is 0 Å². The maximum Gasteiger partial charge on any atom is 0.234 e. The van der Waals surface area contributed by atoms with Crippen molar-refractivity contribution in [2.45, 2.75) is 25.9 Å². The molecule has 1 aromatic heterocycles. The summed E-state index contributed by atoms with van der Waals surface area (Å²) in [6, 6.07) is 14.7. The van der Waals surface area contributed by atoms with E-state index >= 15 is 0 Å². The molecule has 1 N–H and O–H groups in total. The van der Waals surface area contributed by atoms with E-state index in [0.717, 1.165) is 57.2 Å². The molecule has 3 heterocycles. The molecule has 0 saturated carbocycles. The van der Waals surface area contributed by atoms with E-state index < -0.39 is 0 Å². The molecular formula is C23H31N5O. The van der Waals surface area contributed by atoms with Gasteiger partial charge in [0.1, 0.15) is 5.82 Å². The van der Waals surface area contributed by atoms with Gasteiger partial charge in [0.15, 0.2) is 0 Å². The molecule has 2 aromatic rings. The molecule has 0 atom stereocenters. The predicted molar refractivity (Wildman–Crippen MR) is 116 cm³/mol. The number of hydrogen-bond acceptors (Lipinski definition) is 5. The van der Waals surface area contributed by atoms with Crippen LogP contribution in [-0.2, 0) is 17.9 Å². The molecule has 0 unspecified atom stereocenters. The largest absolute Gasteiger partial charge is 0.357 e. The van der Waals surface area contributed by atoms with E-state index in [-0.39, 0.29) is 5.91 Å². The molecule has 2 saturated heterocycles. The number of piperazine rings is 1. The van der Waals surface area contributed by atoms with Crippen LogP contribution < -0.4 is 10.2 Å². The van der Waals surface area contributed by atoms with Crippen molar-refractivity contribution in [2.75, 3.05) is 50.7 Å². The Morgan fingerprint density at radius 3 is 2.38 bits per heavy atom. The summed E-state index contributed by atoms with van der Waals surface area (Å²) in [5.41, 5.74) is 2.47. The fraction of sp³-hybridized carbons (Fsp3) is 0.478. The summed E-state index contributed by atoms with van der Waals surface area (Å²) in [5, 5.41) is 3.07. The average molecular weight is 394 g/mol. The lowest BCUT2D eigenvalue weighted by atomic mass is 10.2. The Morgan fingerprint density at radius 1 is 0.897 bits per heavy atom. The van der Waals surface area contributed by atoms with Crippen LogP contribution in [0.4, 0.5) is 5.82 Å². The van der Waals surface area contributed by atoms with E-state index in [2.05, 4.69) is 61.4 Å². The lowest BCUT2D eigenvalue weighted by Crippen LogP contribution is -2.49. The predicted octanol–water partition coefficient (Wildman–Crippen LogP) is 2.12. The van der Waals surface area contributed by atoms with Crippen LogP contribution >= 0.6 is 0 Å².